The molecule has 6 nitrogen and oxygen atoms in total. The van der Waals surface area contributed by atoms with E-state index in [0.29, 0.717) is 16.7 Å². The number of imidazole rings is 1. The Morgan fingerprint density at radius 3 is 2.92 bits per heavy atom. The molecule has 25 heavy (non-hydrogen) atoms. The first-order valence-corrected chi connectivity index (χ1v) is 8.34. The molecule has 1 aromatic carbocycles. The first-order chi connectivity index (χ1) is 12.1. The Bertz CT molecular complexity index is 1160. The fourth-order valence-electron chi connectivity index (χ4n) is 2.59. The minimum Gasteiger partial charge on any atom is -0.422 e. The number of carbonyl (C=O) groups is 1. The normalized spacial score (nSPS) is 11.1. The van der Waals surface area contributed by atoms with Crippen molar-refractivity contribution in [1.82, 2.24) is 14.7 Å². The van der Waals surface area contributed by atoms with Crippen molar-refractivity contribution in [2.45, 2.75) is 6.54 Å². The summed E-state index contributed by atoms with van der Waals surface area (Å²) in [5.74, 6) is -0.488. The van der Waals surface area contributed by atoms with E-state index in [1.807, 2.05) is 35.0 Å². The zero-order valence-electron chi connectivity index (χ0n) is 12.9. The maximum atomic E-state index is 12.3. The Kier molecular flexibility index (Phi) is 3.85. The molecule has 0 aliphatic heterocycles. The van der Waals surface area contributed by atoms with Crippen molar-refractivity contribution in [2.24, 2.45) is 0 Å². The summed E-state index contributed by atoms with van der Waals surface area (Å²) in [6, 6.07) is 12.4. The van der Waals surface area contributed by atoms with E-state index in [1.165, 1.54) is 6.07 Å². The number of nitrogens with zero attached hydrogens (tertiary/aromatic N) is 2. The summed E-state index contributed by atoms with van der Waals surface area (Å²) in [6.45, 7) is 0.213. The fourth-order valence-corrected chi connectivity index (χ4v) is 2.94. The van der Waals surface area contributed by atoms with Crippen LogP contribution in [-0.4, -0.2) is 15.3 Å². The molecule has 0 aliphatic carbocycles. The minimum atomic E-state index is -0.657. The zero-order valence-corrected chi connectivity index (χ0v) is 14.5. The average Bonchev–Trinajstić information content (AvgIpc) is 3.01. The molecule has 0 aliphatic rings. The summed E-state index contributed by atoms with van der Waals surface area (Å²) >= 11 is 3.40. The lowest BCUT2D eigenvalue weighted by atomic mass is 10.2. The predicted octanol–water partition coefficient (Wildman–Crippen LogP) is 3.13. The molecule has 124 valence electrons. The van der Waals surface area contributed by atoms with Gasteiger partial charge in [-0.2, -0.15) is 0 Å². The summed E-state index contributed by atoms with van der Waals surface area (Å²) < 4.78 is 7.98. The van der Waals surface area contributed by atoms with Crippen molar-refractivity contribution in [2.75, 3.05) is 0 Å². The molecule has 0 radical (unpaired) electrons. The number of para-hydroxylation sites is 1. The Morgan fingerprint density at radius 1 is 1.20 bits per heavy atom. The van der Waals surface area contributed by atoms with Gasteiger partial charge in [0.05, 0.1) is 12.2 Å². The molecule has 1 amide bonds. The van der Waals surface area contributed by atoms with E-state index in [9.17, 15) is 9.59 Å². The van der Waals surface area contributed by atoms with Gasteiger partial charge in [-0.15, -0.1) is 0 Å². The van der Waals surface area contributed by atoms with Crippen LogP contribution in [0.2, 0.25) is 0 Å². The van der Waals surface area contributed by atoms with Gasteiger partial charge in [-0.05, 0) is 40.2 Å². The van der Waals surface area contributed by atoms with E-state index in [4.69, 9.17) is 4.42 Å². The Morgan fingerprint density at radius 2 is 2.04 bits per heavy atom. The van der Waals surface area contributed by atoms with Gasteiger partial charge in [0.15, 0.2) is 0 Å². The molecule has 0 unspecified atom stereocenters. The standard InChI is InChI=1S/C18H12BrN3O3/c19-12-5-6-16-21-13(10-22(16)9-12)8-20-17(23)14-7-11-3-1-2-4-15(11)25-18(14)24/h1-7,9-10H,8H2,(H,20,23). The number of amides is 1. The first-order valence-electron chi connectivity index (χ1n) is 7.54. The number of hydrogen-bond donors (Lipinski definition) is 1. The van der Waals surface area contributed by atoms with E-state index < -0.39 is 11.5 Å². The molecule has 3 aromatic heterocycles. The van der Waals surface area contributed by atoms with Crippen molar-refractivity contribution in [3.05, 3.63) is 81.0 Å². The van der Waals surface area contributed by atoms with Crippen LogP contribution in [0.25, 0.3) is 16.6 Å². The van der Waals surface area contributed by atoms with Gasteiger partial charge in [0.2, 0.25) is 0 Å². The Balaban J connectivity index is 1.57. The monoisotopic (exact) mass is 397 g/mol. The van der Waals surface area contributed by atoms with Crippen LogP contribution in [0.3, 0.4) is 0 Å². The average molecular weight is 398 g/mol. The summed E-state index contributed by atoms with van der Waals surface area (Å²) in [6.07, 6.45) is 3.70. The Labute approximate surface area is 150 Å². The number of halogens is 1. The molecule has 4 rings (SSSR count). The van der Waals surface area contributed by atoms with E-state index in [1.54, 1.807) is 18.2 Å². The quantitative estimate of drug-likeness (QED) is 0.538. The van der Waals surface area contributed by atoms with Gasteiger partial charge in [-0.25, -0.2) is 9.78 Å². The fraction of sp³-hybridized carbons (Fsp3) is 0.0556. The van der Waals surface area contributed by atoms with Gasteiger partial charge < -0.3 is 14.1 Å². The number of pyridine rings is 1. The lowest BCUT2D eigenvalue weighted by molar-refractivity contribution is 0.0947. The lowest BCUT2D eigenvalue weighted by Gasteiger charge is -2.03. The van der Waals surface area contributed by atoms with Crippen LogP contribution in [0, 0.1) is 0 Å². The van der Waals surface area contributed by atoms with Crippen LogP contribution < -0.4 is 10.9 Å². The van der Waals surface area contributed by atoms with Gasteiger partial charge in [-0.1, -0.05) is 18.2 Å². The van der Waals surface area contributed by atoms with Crippen LogP contribution in [0.15, 0.2) is 68.5 Å². The maximum Gasteiger partial charge on any atom is 0.349 e. The van der Waals surface area contributed by atoms with E-state index in [-0.39, 0.29) is 12.1 Å². The summed E-state index contributed by atoms with van der Waals surface area (Å²) in [5.41, 5.74) is 1.24. The number of fused-ring (bicyclic) bond motifs is 2. The molecule has 7 heteroatoms. The Hall–Kier alpha value is -2.93. The summed E-state index contributed by atoms with van der Waals surface area (Å²) in [5, 5.41) is 3.41. The molecular weight excluding hydrogens is 386 g/mol. The van der Waals surface area contributed by atoms with Crippen LogP contribution in [-0.2, 0) is 6.54 Å². The summed E-state index contributed by atoms with van der Waals surface area (Å²) in [7, 11) is 0. The number of carbonyl (C=O) groups excluding carboxylic acids is 1. The maximum absolute atomic E-state index is 12.3. The smallest absolute Gasteiger partial charge is 0.349 e. The molecule has 0 saturated carbocycles. The number of benzene rings is 1. The number of rotatable bonds is 3. The third-order valence-electron chi connectivity index (χ3n) is 3.78. The highest BCUT2D eigenvalue weighted by Crippen LogP contribution is 2.14. The highest BCUT2D eigenvalue weighted by molar-refractivity contribution is 9.10. The van der Waals surface area contributed by atoms with Crippen LogP contribution in [0.1, 0.15) is 16.1 Å². The number of nitrogens with one attached hydrogen (secondary N) is 1. The molecule has 0 bridgehead atoms. The van der Waals surface area contributed by atoms with Crippen molar-refractivity contribution in [1.29, 1.82) is 0 Å². The molecule has 1 N–H and O–H groups in total. The van der Waals surface area contributed by atoms with E-state index in [0.717, 1.165) is 10.1 Å². The van der Waals surface area contributed by atoms with Crippen LogP contribution in [0.4, 0.5) is 0 Å². The SMILES string of the molecule is O=C(NCc1cn2cc(Br)ccc2n1)c1cc2ccccc2oc1=O. The topological polar surface area (TPSA) is 76.6 Å². The van der Waals surface area contributed by atoms with Crippen molar-refractivity contribution in [3.8, 4) is 0 Å². The van der Waals surface area contributed by atoms with Crippen LogP contribution in [0.5, 0.6) is 0 Å². The summed E-state index contributed by atoms with van der Waals surface area (Å²) in [4.78, 5) is 28.8. The third kappa shape index (κ3) is 3.06. The zero-order chi connectivity index (χ0) is 17.4. The second-order valence-corrected chi connectivity index (χ2v) is 6.43. The van der Waals surface area contributed by atoms with Gasteiger partial charge in [0.25, 0.3) is 5.91 Å². The molecule has 0 spiro atoms. The number of hydrogen-bond acceptors (Lipinski definition) is 4. The first kappa shape index (κ1) is 15.6. The van der Waals surface area contributed by atoms with Crippen molar-refractivity contribution < 1.29 is 9.21 Å². The molecule has 0 atom stereocenters. The van der Waals surface area contributed by atoms with Crippen molar-refractivity contribution in [3.63, 3.8) is 0 Å². The van der Waals surface area contributed by atoms with E-state index >= 15 is 0 Å². The lowest BCUT2D eigenvalue weighted by Crippen LogP contribution is -2.27. The largest absolute Gasteiger partial charge is 0.422 e. The van der Waals surface area contributed by atoms with Gasteiger partial charge in [0.1, 0.15) is 16.8 Å². The molecule has 4 aromatic rings. The highest BCUT2D eigenvalue weighted by atomic mass is 79.9. The molecule has 3 heterocycles. The predicted molar refractivity (Wildman–Crippen MR) is 96.5 cm³/mol. The van der Waals surface area contributed by atoms with Crippen LogP contribution >= 0.6 is 15.9 Å². The van der Waals surface area contributed by atoms with Crippen molar-refractivity contribution >= 4 is 38.5 Å². The number of aromatic nitrogens is 2. The molecule has 0 saturated heterocycles. The third-order valence-corrected chi connectivity index (χ3v) is 4.25. The highest BCUT2D eigenvalue weighted by Gasteiger charge is 2.14. The minimum absolute atomic E-state index is 0.0230. The molecular formula is C18H12BrN3O3. The van der Waals surface area contributed by atoms with Gasteiger partial charge in [0, 0.05) is 22.3 Å². The second-order valence-electron chi connectivity index (χ2n) is 5.51. The van der Waals surface area contributed by atoms with Gasteiger partial charge >= 0.3 is 5.63 Å². The van der Waals surface area contributed by atoms with Gasteiger partial charge in [-0.3, -0.25) is 4.79 Å². The molecule has 0 fully saturated rings. The van der Waals surface area contributed by atoms with E-state index in [2.05, 4.69) is 26.2 Å². The second kappa shape index (κ2) is 6.18.